The van der Waals surface area contributed by atoms with Gasteiger partial charge in [-0.3, -0.25) is 4.79 Å². The molecule has 0 aromatic heterocycles. The minimum absolute atomic E-state index is 0.121. The van der Waals surface area contributed by atoms with Gasteiger partial charge in [0, 0.05) is 6.54 Å². The molecule has 1 aliphatic heterocycles. The third-order valence-corrected chi connectivity index (χ3v) is 4.04. The van der Waals surface area contributed by atoms with Gasteiger partial charge in [0.05, 0.1) is 25.7 Å². The predicted molar refractivity (Wildman–Crippen MR) is 83.6 cm³/mol. The number of carbonyl (C=O) groups is 2. The van der Waals surface area contributed by atoms with Crippen LogP contribution in [0.15, 0.2) is 30.3 Å². The normalized spacial score (nSPS) is 19.0. The van der Waals surface area contributed by atoms with Crippen molar-refractivity contribution in [3.8, 4) is 0 Å². The van der Waals surface area contributed by atoms with Crippen molar-refractivity contribution in [3.63, 3.8) is 0 Å². The average Bonchev–Trinajstić information content (AvgIpc) is 2.60. The Balaban J connectivity index is 1.94. The summed E-state index contributed by atoms with van der Waals surface area (Å²) < 4.78 is 9.92. The summed E-state index contributed by atoms with van der Waals surface area (Å²) in [4.78, 5) is 25.2. The van der Waals surface area contributed by atoms with Gasteiger partial charge in [-0.2, -0.15) is 0 Å². The number of amides is 1. The molecule has 0 bridgehead atoms. The Morgan fingerprint density at radius 1 is 1.30 bits per heavy atom. The standard InChI is InChI=1S/C17H23NO5/c1-22-16(20)11-15(19)14-9-5-6-10-18(14)17(21)23-12-13-7-3-2-4-8-13/h2-4,7-8,14-15,19H,5-6,9-12H2,1H3/t14-,15-/m1/s1. The van der Waals surface area contributed by atoms with Gasteiger partial charge in [0.25, 0.3) is 0 Å². The third-order valence-electron chi connectivity index (χ3n) is 4.04. The van der Waals surface area contributed by atoms with E-state index in [4.69, 9.17) is 4.74 Å². The summed E-state index contributed by atoms with van der Waals surface area (Å²) in [6, 6.07) is 9.01. The molecule has 1 amide bonds. The Labute approximate surface area is 136 Å². The maximum atomic E-state index is 12.3. The fourth-order valence-corrected chi connectivity index (χ4v) is 2.78. The summed E-state index contributed by atoms with van der Waals surface area (Å²) in [7, 11) is 1.28. The summed E-state index contributed by atoms with van der Waals surface area (Å²) in [5.74, 6) is -0.485. The van der Waals surface area contributed by atoms with E-state index in [0.717, 1.165) is 18.4 Å². The molecule has 1 fully saturated rings. The molecule has 6 heteroatoms. The van der Waals surface area contributed by atoms with E-state index in [0.29, 0.717) is 13.0 Å². The molecule has 23 heavy (non-hydrogen) atoms. The van der Waals surface area contributed by atoms with Crippen molar-refractivity contribution in [1.29, 1.82) is 0 Å². The van der Waals surface area contributed by atoms with E-state index >= 15 is 0 Å². The maximum absolute atomic E-state index is 12.3. The van der Waals surface area contributed by atoms with Crippen LogP contribution in [0.4, 0.5) is 4.79 Å². The second-order valence-corrected chi connectivity index (χ2v) is 5.64. The van der Waals surface area contributed by atoms with E-state index in [9.17, 15) is 14.7 Å². The van der Waals surface area contributed by atoms with E-state index in [1.165, 1.54) is 12.0 Å². The number of hydrogen-bond acceptors (Lipinski definition) is 5. The smallest absolute Gasteiger partial charge is 0.410 e. The first-order valence-electron chi connectivity index (χ1n) is 7.84. The molecular formula is C17H23NO5. The van der Waals surface area contributed by atoms with Crippen LogP contribution in [0.2, 0.25) is 0 Å². The molecule has 1 aliphatic rings. The number of aliphatic hydroxyl groups excluding tert-OH is 1. The first kappa shape index (κ1) is 17.3. The first-order chi connectivity index (χ1) is 11.1. The van der Waals surface area contributed by atoms with Crippen molar-refractivity contribution in [2.45, 2.75) is 44.4 Å². The van der Waals surface area contributed by atoms with Crippen LogP contribution in [0.1, 0.15) is 31.2 Å². The molecule has 126 valence electrons. The Kier molecular flexibility index (Phi) is 6.40. The van der Waals surface area contributed by atoms with Gasteiger partial charge < -0.3 is 19.5 Å². The lowest BCUT2D eigenvalue weighted by Crippen LogP contribution is -2.50. The summed E-state index contributed by atoms with van der Waals surface area (Å²) in [5, 5.41) is 10.2. The highest BCUT2D eigenvalue weighted by molar-refractivity contribution is 5.71. The van der Waals surface area contributed by atoms with Crippen molar-refractivity contribution in [3.05, 3.63) is 35.9 Å². The second-order valence-electron chi connectivity index (χ2n) is 5.64. The van der Waals surface area contributed by atoms with E-state index in [-0.39, 0.29) is 13.0 Å². The highest BCUT2D eigenvalue weighted by atomic mass is 16.6. The fraction of sp³-hybridized carbons (Fsp3) is 0.529. The van der Waals surface area contributed by atoms with Crippen LogP contribution in [-0.2, 0) is 20.9 Å². The zero-order valence-corrected chi connectivity index (χ0v) is 13.3. The highest BCUT2D eigenvalue weighted by Gasteiger charge is 2.34. The summed E-state index contributed by atoms with van der Waals surface area (Å²) in [6.07, 6.45) is 0.907. The summed E-state index contributed by atoms with van der Waals surface area (Å²) >= 11 is 0. The van der Waals surface area contributed by atoms with Gasteiger partial charge in [-0.15, -0.1) is 0 Å². The minimum Gasteiger partial charge on any atom is -0.469 e. The van der Waals surface area contributed by atoms with Crippen LogP contribution >= 0.6 is 0 Å². The quantitative estimate of drug-likeness (QED) is 0.841. The SMILES string of the molecule is COC(=O)C[C@@H](O)[C@H]1CCCCN1C(=O)OCc1ccccc1. The van der Waals surface area contributed by atoms with E-state index < -0.39 is 24.2 Å². The van der Waals surface area contributed by atoms with E-state index in [1.54, 1.807) is 0 Å². The lowest BCUT2D eigenvalue weighted by atomic mass is 9.96. The first-order valence-corrected chi connectivity index (χ1v) is 7.84. The average molecular weight is 321 g/mol. The molecule has 0 unspecified atom stereocenters. The molecule has 1 heterocycles. The van der Waals surface area contributed by atoms with Crippen LogP contribution in [0, 0.1) is 0 Å². The Morgan fingerprint density at radius 2 is 2.04 bits per heavy atom. The van der Waals surface area contributed by atoms with Gasteiger partial charge in [-0.05, 0) is 24.8 Å². The number of likely N-dealkylation sites (tertiary alicyclic amines) is 1. The molecule has 2 atom stereocenters. The van der Waals surface area contributed by atoms with E-state index in [2.05, 4.69) is 4.74 Å². The van der Waals surface area contributed by atoms with Crippen molar-refractivity contribution < 1.29 is 24.2 Å². The van der Waals surface area contributed by atoms with Crippen molar-refractivity contribution in [2.75, 3.05) is 13.7 Å². The lowest BCUT2D eigenvalue weighted by molar-refractivity contribution is -0.144. The predicted octanol–water partition coefficient (Wildman–Crippen LogP) is 2.10. The molecule has 6 nitrogen and oxygen atoms in total. The van der Waals surface area contributed by atoms with Crippen LogP contribution < -0.4 is 0 Å². The van der Waals surface area contributed by atoms with Crippen molar-refractivity contribution in [2.24, 2.45) is 0 Å². The number of benzene rings is 1. The Morgan fingerprint density at radius 3 is 2.74 bits per heavy atom. The lowest BCUT2D eigenvalue weighted by Gasteiger charge is -2.37. The number of rotatable bonds is 5. The van der Waals surface area contributed by atoms with Gasteiger partial charge in [0.2, 0.25) is 0 Å². The largest absolute Gasteiger partial charge is 0.469 e. The van der Waals surface area contributed by atoms with Gasteiger partial charge in [0.15, 0.2) is 0 Å². The van der Waals surface area contributed by atoms with Crippen LogP contribution in [-0.4, -0.2) is 47.9 Å². The molecule has 0 saturated carbocycles. The molecule has 2 rings (SSSR count). The molecule has 1 N–H and O–H groups in total. The number of aliphatic hydroxyl groups is 1. The Bertz CT molecular complexity index is 519. The molecule has 0 aliphatic carbocycles. The maximum Gasteiger partial charge on any atom is 0.410 e. The topological polar surface area (TPSA) is 76.1 Å². The fourth-order valence-electron chi connectivity index (χ4n) is 2.78. The third kappa shape index (κ3) is 4.96. The van der Waals surface area contributed by atoms with Crippen LogP contribution in [0.25, 0.3) is 0 Å². The van der Waals surface area contributed by atoms with Crippen LogP contribution in [0.5, 0.6) is 0 Å². The van der Waals surface area contributed by atoms with E-state index in [1.807, 2.05) is 30.3 Å². The van der Waals surface area contributed by atoms with Crippen molar-refractivity contribution >= 4 is 12.1 Å². The number of ether oxygens (including phenoxy) is 2. The second kappa shape index (κ2) is 8.53. The number of carbonyl (C=O) groups excluding carboxylic acids is 2. The molecule has 0 spiro atoms. The molecule has 1 aromatic carbocycles. The minimum atomic E-state index is -0.938. The van der Waals surface area contributed by atoms with Gasteiger partial charge in [-0.25, -0.2) is 4.79 Å². The van der Waals surface area contributed by atoms with Crippen LogP contribution in [0.3, 0.4) is 0 Å². The van der Waals surface area contributed by atoms with Gasteiger partial charge in [-0.1, -0.05) is 30.3 Å². The zero-order valence-electron chi connectivity index (χ0n) is 13.3. The summed E-state index contributed by atoms with van der Waals surface area (Å²) in [5.41, 5.74) is 0.907. The molecule has 0 radical (unpaired) electrons. The number of esters is 1. The Hall–Kier alpha value is -2.08. The zero-order chi connectivity index (χ0) is 16.7. The molecule has 1 aromatic rings. The van der Waals surface area contributed by atoms with Gasteiger partial charge in [0.1, 0.15) is 6.61 Å². The summed E-state index contributed by atoms with van der Waals surface area (Å²) in [6.45, 7) is 0.715. The molecule has 1 saturated heterocycles. The number of hydrogen-bond donors (Lipinski definition) is 1. The number of piperidine rings is 1. The monoisotopic (exact) mass is 321 g/mol. The van der Waals surface area contributed by atoms with Gasteiger partial charge >= 0.3 is 12.1 Å². The highest BCUT2D eigenvalue weighted by Crippen LogP contribution is 2.22. The molecular weight excluding hydrogens is 298 g/mol. The number of nitrogens with zero attached hydrogens (tertiary/aromatic N) is 1. The van der Waals surface area contributed by atoms with Crippen molar-refractivity contribution in [1.82, 2.24) is 4.90 Å². The number of methoxy groups -OCH3 is 1.